The second kappa shape index (κ2) is 5.64. The Bertz CT molecular complexity index is 426. The molecule has 0 aliphatic heterocycles. The molecule has 2 aliphatic carbocycles. The monoisotopic (exact) mass is 258 g/mol. The Kier molecular flexibility index (Phi) is 3.72. The molecule has 2 amide bonds. The van der Waals surface area contributed by atoms with Gasteiger partial charge in [0.25, 0.3) is 0 Å². The van der Waals surface area contributed by atoms with Crippen molar-refractivity contribution in [2.45, 2.75) is 56.5 Å². The average molecular weight is 258 g/mol. The number of carbonyl (C=O) groups excluding carboxylic acids is 1. The minimum absolute atomic E-state index is 0.0235. The zero-order valence-corrected chi connectivity index (χ0v) is 11.3. The lowest BCUT2D eigenvalue weighted by atomic mass is 9.96. The van der Waals surface area contributed by atoms with Gasteiger partial charge in [0, 0.05) is 18.0 Å². The van der Waals surface area contributed by atoms with Gasteiger partial charge in [0.2, 0.25) is 0 Å². The van der Waals surface area contributed by atoms with E-state index in [-0.39, 0.29) is 6.03 Å². The standard InChI is InChI=1S/C16H22N2O/c19-16(17-13-9-5-2-6-10-13)18-15-11-14(15)12-7-3-1-4-8-12/h1,3-4,7-8,13-15H,2,5-6,9-11H2,(H2,17,18,19)/t14-,15+/m1/s1. The summed E-state index contributed by atoms with van der Waals surface area (Å²) in [6.07, 6.45) is 7.17. The molecule has 19 heavy (non-hydrogen) atoms. The van der Waals surface area contributed by atoms with Crippen molar-refractivity contribution in [1.82, 2.24) is 10.6 Å². The van der Waals surface area contributed by atoms with Crippen LogP contribution in [0.15, 0.2) is 30.3 Å². The molecular weight excluding hydrogens is 236 g/mol. The maximum atomic E-state index is 11.9. The molecular formula is C16H22N2O. The molecule has 0 radical (unpaired) electrons. The Labute approximate surface area is 114 Å². The summed E-state index contributed by atoms with van der Waals surface area (Å²) in [5.74, 6) is 0.512. The summed E-state index contributed by atoms with van der Waals surface area (Å²) in [5, 5.41) is 6.21. The van der Waals surface area contributed by atoms with E-state index >= 15 is 0 Å². The van der Waals surface area contributed by atoms with Crippen LogP contribution in [0.5, 0.6) is 0 Å². The highest BCUT2D eigenvalue weighted by atomic mass is 16.2. The number of rotatable bonds is 3. The Morgan fingerprint density at radius 1 is 1.00 bits per heavy atom. The zero-order chi connectivity index (χ0) is 13.1. The fourth-order valence-electron chi connectivity index (χ4n) is 3.07. The first-order valence-electron chi connectivity index (χ1n) is 7.45. The molecule has 3 heteroatoms. The number of benzene rings is 1. The molecule has 0 unspecified atom stereocenters. The van der Waals surface area contributed by atoms with E-state index in [9.17, 15) is 4.79 Å². The van der Waals surface area contributed by atoms with E-state index in [1.807, 2.05) is 6.07 Å². The van der Waals surface area contributed by atoms with Gasteiger partial charge < -0.3 is 10.6 Å². The molecule has 1 aromatic rings. The summed E-state index contributed by atoms with van der Waals surface area (Å²) in [4.78, 5) is 11.9. The lowest BCUT2D eigenvalue weighted by Crippen LogP contribution is -2.43. The van der Waals surface area contributed by atoms with Crippen molar-refractivity contribution in [2.24, 2.45) is 0 Å². The topological polar surface area (TPSA) is 41.1 Å². The third kappa shape index (κ3) is 3.28. The van der Waals surface area contributed by atoms with Crippen molar-refractivity contribution in [2.75, 3.05) is 0 Å². The van der Waals surface area contributed by atoms with Crippen LogP contribution < -0.4 is 10.6 Å². The van der Waals surface area contributed by atoms with Crippen molar-refractivity contribution in [1.29, 1.82) is 0 Å². The summed E-state index contributed by atoms with van der Waals surface area (Å²) in [6, 6.07) is 11.2. The molecule has 0 heterocycles. The van der Waals surface area contributed by atoms with Gasteiger partial charge in [-0.05, 0) is 24.8 Å². The van der Waals surface area contributed by atoms with Crippen LogP contribution in [0.4, 0.5) is 4.79 Å². The molecule has 0 saturated heterocycles. The van der Waals surface area contributed by atoms with E-state index in [2.05, 4.69) is 34.9 Å². The Morgan fingerprint density at radius 2 is 1.74 bits per heavy atom. The van der Waals surface area contributed by atoms with Gasteiger partial charge >= 0.3 is 6.03 Å². The van der Waals surface area contributed by atoms with Crippen LogP contribution in [0, 0.1) is 0 Å². The lowest BCUT2D eigenvalue weighted by Gasteiger charge is -2.22. The first-order valence-corrected chi connectivity index (χ1v) is 7.45. The van der Waals surface area contributed by atoms with Crippen LogP contribution in [0.2, 0.25) is 0 Å². The van der Waals surface area contributed by atoms with Crippen LogP contribution >= 0.6 is 0 Å². The Hall–Kier alpha value is -1.51. The summed E-state index contributed by atoms with van der Waals surface area (Å²) >= 11 is 0. The molecule has 3 nitrogen and oxygen atoms in total. The van der Waals surface area contributed by atoms with Gasteiger partial charge in [0.1, 0.15) is 0 Å². The maximum Gasteiger partial charge on any atom is 0.315 e. The van der Waals surface area contributed by atoms with E-state index in [4.69, 9.17) is 0 Å². The predicted molar refractivity (Wildman–Crippen MR) is 76.1 cm³/mol. The molecule has 0 spiro atoms. The fourth-order valence-corrected chi connectivity index (χ4v) is 3.07. The molecule has 0 aromatic heterocycles. The first-order chi connectivity index (χ1) is 9.33. The van der Waals surface area contributed by atoms with Crippen LogP contribution in [-0.4, -0.2) is 18.1 Å². The molecule has 2 aliphatic rings. The minimum atomic E-state index is 0.0235. The minimum Gasteiger partial charge on any atom is -0.335 e. The summed E-state index contributed by atoms with van der Waals surface area (Å²) in [7, 11) is 0. The SMILES string of the molecule is O=C(NC1CCCCC1)N[C@H]1C[C@@H]1c1ccccc1. The van der Waals surface area contributed by atoms with Crippen molar-refractivity contribution < 1.29 is 4.79 Å². The smallest absolute Gasteiger partial charge is 0.315 e. The summed E-state index contributed by atoms with van der Waals surface area (Å²) in [5.41, 5.74) is 1.34. The fraction of sp³-hybridized carbons (Fsp3) is 0.562. The van der Waals surface area contributed by atoms with Crippen LogP contribution in [0.3, 0.4) is 0 Å². The quantitative estimate of drug-likeness (QED) is 0.859. The molecule has 2 saturated carbocycles. The van der Waals surface area contributed by atoms with Gasteiger partial charge in [0.05, 0.1) is 0 Å². The number of nitrogens with one attached hydrogen (secondary N) is 2. The van der Waals surface area contributed by atoms with Crippen molar-refractivity contribution >= 4 is 6.03 Å². The van der Waals surface area contributed by atoms with Gasteiger partial charge in [-0.1, -0.05) is 49.6 Å². The molecule has 1 aromatic carbocycles. The van der Waals surface area contributed by atoms with Gasteiger partial charge in [0.15, 0.2) is 0 Å². The van der Waals surface area contributed by atoms with Gasteiger partial charge in [-0.25, -0.2) is 4.79 Å². The number of amides is 2. The van der Waals surface area contributed by atoms with E-state index in [1.54, 1.807) is 0 Å². The van der Waals surface area contributed by atoms with E-state index in [0.717, 1.165) is 19.3 Å². The molecule has 102 valence electrons. The van der Waals surface area contributed by atoms with Crippen LogP contribution in [-0.2, 0) is 0 Å². The number of hydrogen-bond donors (Lipinski definition) is 2. The van der Waals surface area contributed by atoms with Crippen LogP contribution in [0.25, 0.3) is 0 Å². The third-order valence-corrected chi connectivity index (χ3v) is 4.28. The number of hydrogen-bond acceptors (Lipinski definition) is 1. The van der Waals surface area contributed by atoms with Gasteiger partial charge in [-0.15, -0.1) is 0 Å². The van der Waals surface area contributed by atoms with Gasteiger partial charge in [-0.3, -0.25) is 0 Å². The summed E-state index contributed by atoms with van der Waals surface area (Å²) in [6.45, 7) is 0. The van der Waals surface area contributed by atoms with E-state index < -0.39 is 0 Å². The normalized spacial score (nSPS) is 26.7. The van der Waals surface area contributed by atoms with Crippen molar-refractivity contribution in [3.63, 3.8) is 0 Å². The van der Waals surface area contributed by atoms with Gasteiger partial charge in [-0.2, -0.15) is 0 Å². The highest BCUT2D eigenvalue weighted by Gasteiger charge is 2.39. The first kappa shape index (κ1) is 12.5. The Balaban J connectivity index is 1.44. The number of urea groups is 1. The van der Waals surface area contributed by atoms with E-state index in [0.29, 0.717) is 18.0 Å². The molecule has 0 bridgehead atoms. The van der Waals surface area contributed by atoms with Crippen molar-refractivity contribution in [3.05, 3.63) is 35.9 Å². The predicted octanol–water partition coefficient (Wildman–Crippen LogP) is 3.17. The second-order valence-corrected chi connectivity index (χ2v) is 5.81. The summed E-state index contributed by atoms with van der Waals surface area (Å²) < 4.78 is 0. The maximum absolute atomic E-state index is 11.9. The largest absolute Gasteiger partial charge is 0.335 e. The second-order valence-electron chi connectivity index (χ2n) is 5.81. The molecule has 3 rings (SSSR count). The number of carbonyl (C=O) groups is 1. The molecule has 2 fully saturated rings. The zero-order valence-electron chi connectivity index (χ0n) is 11.3. The molecule has 2 atom stereocenters. The highest BCUT2D eigenvalue weighted by molar-refractivity contribution is 5.75. The van der Waals surface area contributed by atoms with Crippen molar-refractivity contribution in [3.8, 4) is 0 Å². The Morgan fingerprint density at radius 3 is 2.47 bits per heavy atom. The van der Waals surface area contributed by atoms with E-state index in [1.165, 1.54) is 24.8 Å². The highest BCUT2D eigenvalue weighted by Crippen LogP contribution is 2.40. The lowest BCUT2D eigenvalue weighted by molar-refractivity contribution is 0.232. The third-order valence-electron chi connectivity index (χ3n) is 4.28. The average Bonchev–Trinajstić information content (AvgIpc) is 3.20. The molecule has 2 N–H and O–H groups in total. The van der Waals surface area contributed by atoms with Crippen LogP contribution in [0.1, 0.15) is 50.0 Å².